The van der Waals surface area contributed by atoms with Crippen molar-refractivity contribution >= 4 is 77.3 Å². The van der Waals surface area contributed by atoms with Gasteiger partial charge in [-0.15, -0.1) is 22.7 Å². The number of aliphatic hydroxyl groups excluding tert-OH is 2. The third kappa shape index (κ3) is 6.78. The normalized spacial score (nSPS) is 13.4. The van der Waals surface area contributed by atoms with E-state index in [0.29, 0.717) is 13.1 Å². The van der Waals surface area contributed by atoms with Crippen molar-refractivity contribution in [1.82, 2.24) is 14.5 Å². The molecule has 0 amide bonds. The van der Waals surface area contributed by atoms with Crippen LogP contribution in [-0.2, 0) is 6.54 Å². The predicted molar refractivity (Wildman–Crippen MR) is 234 cm³/mol. The van der Waals surface area contributed by atoms with E-state index in [0.717, 1.165) is 87.0 Å². The first-order valence-electron chi connectivity index (χ1n) is 18.9. The van der Waals surface area contributed by atoms with Gasteiger partial charge in [-0.2, -0.15) is 4.57 Å². The molecule has 0 saturated heterocycles. The van der Waals surface area contributed by atoms with Crippen molar-refractivity contribution in [2.24, 2.45) is 0 Å². The Morgan fingerprint density at radius 3 is 1.86 bits per heavy atom. The summed E-state index contributed by atoms with van der Waals surface area (Å²) < 4.78 is 6.73. The molecule has 8 nitrogen and oxygen atoms in total. The summed E-state index contributed by atoms with van der Waals surface area (Å²) in [7, 11) is 0. The molecule has 0 atom stereocenters. The second kappa shape index (κ2) is 16.3. The molecule has 6 aromatic carbocycles. The summed E-state index contributed by atoms with van der Waals surface area (Å²) in [5, 5.41) is 22.8. The molecule has 1 aliphatic rings. The highest BCUT2D eigenvalue weighted by molar-refractivity contribution is 7.22. The molecule has 0 spiro atoms. The van der Waals surface area contributed by atoms with Crippen LogP contribution in [0, 0.1) is 0 Å². The van der Waals surface area contributed by atoms with Crippen molar-refractivity contribution < 1.29 is 38.8 Å². The summed E-state index contributed by atoms with van der Waals surface area (Å²) in [6.07, 6.45) is 6.30. The summed E-state index contributed by atoms with van der Waals surface area (Å²) in [5.74, 6) is 1.83. The SMILES string of the molecule is OCCN1/C(=C/C=C/c2n(-c3ccccc3)c3ccc(-c4nc5ccccc5s4)cc3[n+]2CCO)N(c2ccccc2)c2ccc(-c3nc4ccccc4s3)cc21.[I-]. The van der Waals surface area contributed by atoms with E-state index >= 15 is 0 Å². The number of thiazole rings is 2. The van der Waals surface area contributed by atoms with Crippen LogP contribution in [0.1, 0.15) is 5.82 Å². The minimum Gasteiger partial charge on any atom is -1.00 e. The zero-order valence-electron chi connectivity index (χ0n) is 31.2. The van der Waals surface area contributed by atoms with Crippen molar-refractivity contribution in [1.29, 1.82) is 0 Å². The average Bonchev–Trinajstić information content (AvgIpc) is 4.03. The van der Waals surface area contributed by atoms with E-state index in [1.54, 1.807) is 22.7 Å². The molecule has 0 bridgehead atoms. The Bertz CT molecular complexity index is 2910. The number of hydrogen-bond donors (Lipinski definition) is 2. The molecule has 9 aromatic rings. The molecule has 11 heteroatoms. The quantitative estimate of drug-likeness (QED) is 0.114. The van der Waals surface area contributed by atoms with Crippen LogP contribution in [0.3, 0.4) is 0 Å². The van der Waals surface area contributed by atoms with E-state index in [1.807, 2.05) is 72.8 Å². The molecule has 3 aromatic heterocycles. The average molecular weight is 909 g/mol. The minimum absolute atomic E-state index is 0. The predicted octanol–water partition coefficient (Wildman–Crippen LogP) is 6.97. The molecule has 0 unspecified atom stereocenters. The van der Waals surface area contributed by atoms with E-state index in [-0.39, 0.29) is 37.2 Å². The standard InChI is InChI=1S/C47H37N6O2S2.HI/c54-28-26-50-40-30-32(46-48-36-16-7-9-18-42(36)56-46)22-24-38(40)52(34-12-3-1-4-13-34)44(50)20-11-21-45-51(27-29-55)41-31-33(47-49-37-17-8-10-19-43(37)57-47)23-25-39(41)53(45)35-14-5-2-6-15-35;/h1-25,30-31,54-55H,26-29H2;1H/q+1;/p-1. The third-order valence-electron chi connectivity index (χ3n) is 10.3. The van der Waals surface area contributed by atoms with E-state index in [2.05, 4.69) is 110 Å². The number of aliphatic hydroxyl groups is 2. The number of aromatic nitrogens is 4. The van der Waals surface area contributed by atoms with Crippen LogP contribution in [-0.4, -0.2) is 44.5 Å². The molecule has 58 heavy (non-hydrogen) atoms. The Morgan fingerprint density at radius 2 is 1.22 bits per heavy atom. The lowest BCUT2D eigenvalue weighted by molar-refractivity contribution is -0.675. The number of benzene rings is 6. The number of anilines is 3. The van der Waals surface area contributed by atoms with Crippen LogP contribution in [0.5, 0.6) is 0 Å². The fourth-order valence-electron chi connectivity index (χ4n) is 7.77. The molecular weight excluding hydrogens is 872 g/mol. The fourth-order valence-corrected chi connectivity index (χ4v) is 9.69. The van der Waals surface area contributed by atoms with Gasteiger partial charge in [-0.05, 0) is 91.0 Å². The molecule has 0 saturated carbocycles. The number of nitrogens with zero attached hydrogens (tertiary/aromatic N) is 6. The number of fused-ring (bicyclic) bond motifs is 4. The zero-order chi connectivity index (χ0) is 38.3. The number of β-amino-alcohol motifs (C(OH)–C–C–N with tert-alkyl or cyclic N) is 1. The second-order valence-electron chi connectivity index (χ2n) is 13.7. The monoisotopic (exact) mass is 908 g/mol. The van der Waals surface area contributed by atoms with Crippen molar-refractivity contribution in [3.8, 4) is 26.8 Å². The largest absolute Gasteiger partial charge is 1.00 e. The summed E-state index contributed by atoms with van der Waals surface area (Å²) in [5.41, 5.74) is 10.1. The highest BCUT2D eigenvalue weighted by Gasteiger charge is 2.33. The van der Waals surface area contributed by atoms with Gasteiger partial charge in [0.1, 0.15) is 28.1 Å². The Kier molecular flexibility index (Phi) is 10.6. The number of halogens is 1. The molecule has 286 valence electrons. The van der Waals surface area contributed by atoms with Crippen molar-refractivity contribution in [2.75, 3.05) is 29.6 Å². The highest BCUT2D eigenvalue weighted by Crippen LogP contribution is 2.48. The van der Waals surface area contributed by atoms with Crippen LogP contribution >= 0.6 is 22.7 Å². The van der Waals surface area contributed by atoms with Gasteiger partial charge in [0.05, 0.1) is 45.0 Å². The lowest BCUT2D eigenvalue weighted by Crippen LogP contribution is -3.00. The Morgan fingerprint density at radius 1 is 0.621 bits per heavy atom. The summed E-state index contributed by atoms with van der Waals surface area (Å²) in [6.45, 7) is 0.764. The number of imidazole rings is 1. The van der Waals surface area contributed by atoms with Crippen LogP contribution < -0.4 is 38.3 Å². The molecule has 0 radical (unpaired) electrons. The molecule has 1 aliphatic heterocycles. The van der Waals surface area contributed by atoms with Gasteiger partial charge in [0, 0.05) is 29.4 Å². The van der Waals surface area contributed by atoms with Crippen LogP contribution in [0.15, 0.2) is 164 Å². The second-order valence-corrected chi connectivity index (χ2v) is 15.8. The maximum Gasteiger partial charge on any atom is 0.287 e. The van der Waals surface area contributed by atoms with E-state index in [9.17, 15) is 10.2 Å². The summed E-state index contributed by atoms with van der Waals surface area (Å²) in [6, 6.07) is 50.1. The smallest absolute Gasteiger partial charge is 0.287 e. The number of allylic oxidation sites excluding steroid dienone is 2. The van der Waals surface area contributed by atoms with Gasteiger partial charge < -0.3 is 39.1 Å². The van der Waals surface area contributed by atoms with Gasteiger partial charge in [0.25, 0.3) is 5.82 Å². The number of para-hydroxylation sites is 4. The minimum atomic E-state index is -0.0236. The third-order valence-corrected chi connectivity index (χ3v) is 12.4. The Labute approximate surface area is 360 Å². The topological polar surface area (TPSA) is 81.5 Å². The van der Waals surface area contributed by atoms with Gasteiger partial charge in [0.15, 0.2) is 11.0 Å². The first-order chi connectivity index (χ1) is 28.2. The van der Waals surface area contributed by atoms with Crippen LogP contribution in [0.25, 0.3) is 64.4 Å². The van der Waals surface area contributed by atoms with Crippen molar-refractivity contribution in [3.63, 3.8) is 0 Å². The number of hydrogen-bond acceptors (Lipinski definition) is 8. The van der Waals surface area contributed by atoms with E-state index < -0.39 is 0 Å². The fraction of sp³-hybridized carbons (Fsp3) is 0.0851. The van der Waals surface area contributed by atoms with E-state index in [4.69, 9.17) is 9.97 Å². The van der Waals surface area contributed by atoms with Gasteiger partial charge in [0.2, 0.25) is 0 Å². The maximum absolute atomic E-state index is 10.4. The lowest BCUT2D eigenvalue weighted by Gasteiger charge is -2.25. The molecule has 0 fully saturated rings. The first kappa shape index (κ1) is 37.9. The zero-order valence-corrected chi connectivity index (χ0v) is 35.0. The van der Waals surface area contributed by atoms with Gasteiger partial charge in [-0.25, -0.2) is 14.5 Å². The molecular formula is C47H37IN6O2S2. The van der Waals surface area contributed by atoms with Crippen LogP contribution in [0.2, 0.25) is 0 Å². The van der Waals surface area contributed by atoms with Crippen molar-refractivity contribution in [2.45, 2.75) is 6.54 Å². The number of rotatable bonds is 10. The summed E-state index contributed by atoms with van der Waals surface area (Å²) in [4.78, 5) is 14.3. The van der Waals surface area contributed by atoms with Gasteiger partial charge in [-0.3, -0.25) is 4.90 Å². The molecule has 0 aliphatic carbocycles. The lowest BCUT2D eigenvalue weighted by atomic mass is 10.1. The highest BCUT2D eigenvalue weighted by atomic mass is 127. The molecule has 2 N–H and O–H groups in total. The van der Waals surface area contributed by atoms with Crippen LogP contribution in [0.4, 0.5) is 17.1 Å². The first-order valence-corrected chi connectivity index (χ1v) is 20.5. The Hall–Kier alpha value is -5.70. The Balaban J connectivity index is 0.00000436. The van der Waals surface area contributed by atoms with E-state index in [1.165, 1.54) is 0 Å². The van der Waals surface area contributed by atoms with Gasteiger partial charge in [-0.1, -0.05) is 66.7 Å². The van der Waals surface area contributed by atoms with Gasteiger partial charge >= 0.3 is 0 Å². The maximum atomic E-state index is 10.4. The summed E-state index contributed by atoms with van der Waals surface area (Å²) >= 11 is 3.37. The van der Waals surface area contributed by atoms with Crippen molar-refractivity contribution in [3.05, 3.63) is 169 Å². The molecule has 4 heterocycles. The molecule has 10 rings (SSSR count).